The molecule has 0 aliphatic carbocycles. The van der Waals surface area contributed by atoms with Crippen molar-refractivity contribution in [2.24, 2.45) is 4.99 Å². The summed E-state index contributed by atoms with van der Waals surface area (Å²) in [6.45, 7) is 5.17. The SMILES string of the molecule is COc1ccc(COc2nc3c(c(N4CCOCC4)n2)N=C(Nc2ccc(C)cc2)C3)cc1OC. The second kappa shape index (κ2) is 10.2. The second-order valence-electron chi connectivity index (χ2n) is 8.43. The molecule has 0 spiro atoms. The molecule has 5 rings (SSSR count). The number of nitrogens with one attached hydrogen (secondary N) is 1. The maximum Gasteiger partial charge on any atom is 0.319 e. The quantitative estimate of drug-likeness (QED) is 0.550. The number of anilines is 2. The van der Waals surface area contributed by atoms with Gasteiger partial charge in [0.25, 0.3) is 0 Å². The minimum absolute atomic E-state index is 0.303. The summed E-state index contributed by atoms with van der Waals surface area (Å²) in [6, 6.07) is 14.3. The Kier molecular flexibility index (Phi) is 6.67. The van der Waals surface area contributed by atoms with Gasteiger partial charge in [0.05, 0.1) is 39.5 Å². The first-order chi connectivity index (χ1) is 17.1. The molecule has 0 saturated carbocycles. The van der Waals surface area contributed by atoms with Crippen LogP contribution >= 0.6 is 0 Å². The lowest BCUT2D eigenvalue weighted by Crippen LogP contribution is -2.37. The standard InChI is InChI=1S/C26H29N5O4/c1-17-4-7-19(8-5-17)27-23-15-20-24(29-23)25(31-10-12-34-13-11-31)30-26(28-20)35-16-18-6-9-21(32-2)22(14-18)33-3/h4-9,14H,10-13,15-16H2,1-3H3,(H,27,29). The van der Waals surface area contributed by atoms with E-state index in [0.29, 0.717) is 43.8 Å². The predicted molar refractivity (Wildman–Crippen MR) is 135 cm³/mol. The summed E-state index contributed by atoms with van der Waals surface area (Å²) in [5.41, 5.74) is 4.77. The molecule has 0 bridgehead atoms. The number of nitrogens with zero attached hydrogens (tertiary/aromatic N) is 4. The number of aryl methyl sites for hydroxylation is 1. The molecular formula is C26H29N5O4. The van der Waals surface area contributed by atoms with Crippen LogP contribution in [-0.4, -0.2) is 56.3 Å². The van der Waals surface area contributed by atoms with Gasteiger partial charge in [0.1, 0.15) is 18.1 Å². The Morgan fingerprint density at radius 1 is 0.971 bits per heavy atom. The Morgan fingerprint density at radius 3 is 2.49 bits per heavy atom. The van der Waals surface area contributed by atoms with Gasteiger partial charge < -0.3 is 29.2 Å². The average Bonchev–Trinajstić information content (AvgIpc) is 3.31. The zero-order chi connectivity index (χ0) is 24.2. The highest BCUT2D eigenvalue weighted by Gasteiger charge is 2.27. The number of aromatic nitrogens is 2. The summed E-state index contributed by atoms with van der Waals surface area (Å²) < 4.78 is 22.3. The summed E-state index contributed by atoms with van der Waals surface area (Å²) in [4.78, 5) is 16.5. The second-order valence-corrected chi connectivity index (χ2v) is 8.43. The zero-order valence-electron chi connectivity index (χ0n) is 20.2. The highest BCUT2D eigenvalue weighted by Crippen LogP contribution is 2.37. The number of ether oxygens (including phenoxy) is 4. The van der Waals surface area contributed by atoms with E-state index in [4.69, 9.17) is 33.9 Å². The number of aliphatic imine (C=N–C) groups is 1. The molecule has 2 aromatic carbocycles. The summed E-state index contributed by atoms with van der Waals surface area (Å²) >= 11 is 0. The molecule has 0 unspecified atom stereocenters. The molecule has 1 fully saturated rings. The Morgan fingerprint density at radius 2 is 1.74 bits per heavy atom. The molecule has 182 valence electrons. The van der Waals surface area contributed by atoms with E-state index in [-0.39, 0.29) is 0 Å². The van der Waals surface area contributed by atoms with Crippen LogP contribution in [0, 0.1) is 6.92 Å². The van der Waals surface area contributed by atoms with Crippen LogP contribution in [-0.2, 0) is 17.8 Å². The van der Waals surface area contributed by atoms with E-state index in [1.54, 1.807) is 14.2 Å². The van der Waals surface area contributed by atoms with Crippen molar-refractivity contribution in [1.82, 2.24) is 9.97 Å². The van der Waals surface area contributed by atoms with Crippen molar-refractivity contribution in [1.29, 1.82) is 0 Å². The summed E-state index contributed by atoms with van der Waals surface area (Å²) in [6.07, 6.45) is 0.579. The van der Waals surface area contributed by atoms with Crippen molar-refractivity contribution in [3.05, 3.63) is 59.3 Å². The van der Waals surface area contributed by atoms with E-state index in [1.807, 2.05) is 30.3 Å². The van der Waals surface area contributed by atoms with E-state index in [1.165, 1.54) is 5.56 Å². The topological polar surface area (TPSA) is 90.3 Å². The van der Waals surface area contributed by atoms with Crippen molar-refractivity contribution in [3.8, 4) is 17.5 Å². The van der Waals surface area contributed by atoms with Gasteiger partial charge in [0, 0.05) is 18.8 Å². The fraction of sp³-hybridized carbons (Fsp3) is 0.346. The lowest BCUT2D eigenvalue weighted by molar-refractivity contribution is 0.122. The van der Waals surface area contributed by atoms with Crippen molar-refractivity contribution in [2.45, 2.75) is 20.0 Å². The summed E-state index contributed by atoms with van der Waals surface area (Å²) in [7, 11) is 3.23. The molecule has 2 aliphatic rings. The number of benzene rings is 2. The van der Waals surface area contributed by atoms with Gasteiger partial charge in [-0.25, -0.2) is 4.99 Å². The van der Waals surface area contributed by atoms with Crippen molar-refractivity contribution >= 4 is 23.0 Å². The maximum atomic E-state index is 6.04. The molecule has 1 saturated heterocycles. The molecule has 2 aliphatic heterocycles. The first-order valence-electron chi connectivity index (χ1n) is 11.6. The van der Waals surface area contributed by atoms with Gasteiger partial charge in [0.15, 0.2) is 17.3 Å². The minimum atomic E-state index is 0.303. The molecule has 0 atom stereocenters. The molecule has 3 aromatic rings. The predicted octanol–water partition coefficient (Wildman–Crippen LogP) is 3.92. The number of amidine groups is 1. The fourth-order valence-electron chi connectivity index (χ4n) is 4.09. The van der Waals surface area contributed by atoms with Gasteiger partial charge >= 0.3 is 6.01 Å². The van der Waals surface area contributed by atoms with Gasteiger partial charge in [-0.2, -0.15) is 9.97 Å². The highest BCUT2D eigenvalue weighted by atomic mass is 16.5. The van der Waals surface area contributed by atoms with Gasteiger partial charge in [0.2, 0.25) is 0 Å². The van der Waals surface area contributed by atoms with Crippen LogP contribution in [0.15, 0.2) is 47.5 Å². The van der Waals surface area contributed by atoms with Crippen molar-refractivity contribution in [2.75, 3.05) is 50.7 Å². The smallest absolute Gasteiger partial charge is 0.319 e. The molecule has 9 nitrogen and oxygen atoms in total. The monoisotopic (exact) mass is 475 g/mol. The third-order valence-corrected chi connectivity index (χ3v) is 5.97. The average molecular weight is 476 g/mol. The number of hydrogen-bond acceptors (Lipinski definition) is 9. The summed E-state index contributed by atoms with van der Waals surface area (Å²) in [5.74, 6) is 2.94. The van der Waals surface area contributed by atoms with Crippen LogP contribution in [0.4, 0.5) is 17.2 Å². The molecule has 1 aromatic heterocycles. The van der Waals surface area contributed by atoms with Crippen LogP contribution in [0.2, 0.25) is 0 Å². The van der Waals surface area contributed by atoms with E-state index in [0.717, 1.165) is 47.4 Å². The largest absolute Gasteiger partial charge is 0.493 e. The van der Waals surface area contributed by atoms with E-state index in [2.05, 4.69) is 29.3 Å². The van der Waals surface area contributed by atoms with Gasteiger partial charge in [-0.3, -0.25) is 0 Å². The number of hydrogen-bond donors (Lipinski definition) is 1. The van der Waals surface area contributed by atoms with E-state index < -0.39 is 0 Å². The Bertz CT molecular complexity index is 1220. The number of morpholine rings is 1. The molecule has 0 amide bonds. The molecule has 1 N–H and O–H groups in total. The minimum Gasteiger partial charge on any atom is -0.493 e. The molecular weight excluding hydrogens is 446 g/mol. The molecule has 9 heteroatoms. The third kappa shape index (κ3) is 5.14. The van der Waals surface area contributed by atoms with Crippen molar-refractivity contribution < 1.29 is 18.9 Å². The van der Waals surface area contributed by atoms with Gasteiger partial charge in [-0.1, -0.05) is 23.8 Å². The number of methoxy groups -OCH3 is 2. The lowest BCUT2D eigenvalue weighted by Gasteiger charge is -2.28. The third-order valence-electron chi connectivity index (χ3n) is 5.97. The van der Waals surface area contributed by atoms with Crippen LogP contribution in [0.25, 0.3) is 0 Å². The lowest BCUT2D eigenvalue weighted by atomic mass is 10.2. The first-order valence-corrected chi connectivity index (χ1v) is 11.6. The molecule has 35 heavy (non-hydrogen) atoms. The molecule has 0 radical (unpaired) electrons. The van der Waals surface area contributed by atoms with Crippen LogP contribution in [0.5, 0.6) is 17.5 Å². The summed E-state index contributed by atoms with van der Waals surface area (Å²) in [5, 5.41) is 3.42. The first kappa shape index (κ1) is 22.9. The van der Waals surface area contributed by atoms with E-state index >= 15 is 0 Å². The zero-order valence-corrected chi connectivity index (χ0v) is 20.2. The fourth-order valence-corrected chi connectivity index (χ4v) is 4.09. The van der Waals surface area contributed by atoms with Crippen LogP contribution in [0.3, 0.4) is 0 Å². The number of fused-ring (bicyclic) bond motifs is 1. The maximum absolute atomic E-state index is 6.04. The molecule has 3 heterocycles. The van der Waals surface area contributed by atoms with Crippen LogP contribution < -0.4 is 24.4 Å². The Labute approximate surface area is 204 Å². The van der Waals surface area contributed by atoms with Crippen LogP contribution in [0.1, 0.15) is 16.8 Å². The van der Waals surface area contributed by atoms with Gasteiger partial charge in [-0.05, 0) is 36.8 Å². The Balaban J connectivity index is 1.38. The highest BCUT2D eigenvalue weighted by molar-refractivity contribution is 6.03. The number of rotatable bonds is 7. The Hall–Kier alpha value is -3.85. The van der Waals surface area contributed by atoms with Gasteiger partial charge in [-0.15, -0.1) is 0 Å². The normalized spacial score (nSPS) is 14.8. The van der Waals surface area contributed by atoms with E-state index in [9.17, 15) is 0 Å². The van der Waals surface area contributed by atoms with Crippen molar-refractivity contribution in [3.63, 3.8) is 0 Å².